The van der Waals surface area contributed by atoms with Crippen LogP contribution in [0.25, 0.3) is 10.8 Å². The van der Waals surface area contributed by atoms with Gasteiger partial charge in [0, 0.05) is 11.7 Å². The van der Waals surface area contributed by atoms with Crippen molar-refractivity contribution in [3.8, 4) is 0 Å². The van der Waals surface area contributed by atoms with Crippen LogP contribution in [0.4, 0.5) is 10.5 Å². The lowest BCUT2D eigenvalue weighted by molar-refractivity contribution is 0.249. The van der Waals surface area contributed by atoms with Crippen molar-refractivity contribution in [2.45, 2.75) is 26.3 Å². The minimum Gasteiger partial charge on any atom is -0.335 e. The molecule has 2 aromatic rings. The number of fused-ring (bicyclic) bond motifs is 1. The van der Waals surface area contributed by atoms with E-state index in [0.717, 1.165) is 17.5 Å². The molecular formula is C15H18N2O. The van der Waals surface area contributed by atoms with E-state index in [1.165, 1.54) is 5.39 Å². The lowest BCUT2D eigenvalue weighted by atomic mass is 10.1. The molecule has 0 spiro atoms. The van der Waals surface area contributed by atoms with Gasteiger partial charge >= 0.3 is 6.03 Å². The first-order chi connectivity index (χ1) is 8.69. The first-order valence-electron chi connectivity index (χ1n) is 6.25. The van der Waals surface area contributed by atoms with E-state index in [2.05, 4.69) is 16.7 Å². The molecule has 94 valence electrons. The molecule has 0 aliphatic carbocycles. The monoisotopic (exact) mass is 242 g/mol. The fraction of sp³-hybridized carbons (Fsp3) is 0.267. The third kappa shape index (κ3) is 3.00. The molecule has 3 heteroatoms. The van der Waals surface area contributed by atoms with Gasteiger partial charge in [0.25, 0.3) is 0 Å². The summed E-state index contributed by atoms with van der Waals surface area (Å²) in [5.41, 5.74) is 0.814. The summed E-state index contributed by atoms with van der Waals surface area (Å²) in [4.78, 5) is 11.7. The number of nitrogens with one attached hydrogen (secondary N) is 2. The van der Waals surface area contributed by atoms with Gasteiger partial charge in [0.1, 0.15) is 0 Å². The Morgan fingerprint density at radius 2 is 1.89 bits per heavy atom. The normalized spacial score (nSPS) is 12.1. The zero-order chi connectivity index (χ0) is 13.0. The highest BCUT2D eigenvalue weighted by molar-refractivity contribution is 5.93. The molecule has 0 bridgehead atoms. The molecule has 0 fully saturated rings. The first kappa shape index (κ1) is 12.4. The topological polar surface area (TPSA) is 41.1 Å². The van der Waals surface area contributed by atoms with Crippen LogP contribution in [0.3, 0.4) is 0 Å². The molecule has 0 saturated carbocycles. The summed E-state index contributed by atoms with van der Waals surface area (Å²) < 4.78 is 0. The number of hydrogen-bond acceptors (Lipinski definition) is 1. The Morgan fingerprint density at radius 1 is 1.17 bits per heavy atom. The van der Waals surface area contributed by atoms with Gasteiger partial charge in [-0.25, -0.2) is 4.79 Å². The van der Waals surface area contributed by atoms with Crippen molar-refractivity contribution in [2.75, 3.05) is 5.32 Å². The van der Waals surface area contributed by atoms with Crippen molar-refractivity contribution in [2.24, 2.45) is 0 Å². The smallest absolute Gasteiger partial charge is 0.319 e. The summed E-state index contributed by atoms with van der Waals surface area (Å²) in [5.74, 6) is 0. The molecule has 3 nitrogen and oxygen atoms in total. The number of rotatable bonds is 3. The third-order valence-electron chi connectivity index (χ3n) is 3.00. The fourth-order valence-corrected chi connectivity index (χ4v) is 1.76. The number of carbonyl (C=O) groups excluding carboxylic acids is 1. The lowest BCUT2D eigenvalue weighted by Gasteiger charge is -2.12. The molecule has 0 unspecified atom stereocenters. The van der Waals surface area contributed by atoms with Gasteiger partial charge in [0.05, 0.1) is 0 Å². The van der Waals surface area contributed by atoms with Gasteiger partial charge < -0.3 is 10.6 Å². The van der Waals surface area contributed by atoms with E-state index in [0.29, 0.717) is 0 Å². The van der Waals surface area contributed by atoms with Crippen LogP contribution in [0.1, 0.15) is 20.3 Å². The number of anilines is 1. The first-order valence-corrected chi connectivity index (χ1v) is 6.25. The van der Waals surface area contributed by atoms with E-state index in [4.69, 9.17) is 0 Å². The maximum absolute atomic E-state index is 11.7. The van der Waals surface area contributed by atoms with Gasteiger partial charge in [-0.05, 0) is 36.2 Å². The van der Waals surface area contributed by atoms with Crippen molar-refractivity contribution in [1.29, 1.82) is 0 Å². The van der Waals surface area contributed by atoms with Gasteiger partial charge in [-0.1, -0.05) is 37.3 Å². The summed E-state index contributed by atoms with van der Waals surface area (Å²) in [6, 6.07) is 14.0. The van der Waals surface area contributed by atoms with E-state index in [1.807, 2.05) is 50.2 Å². The quantitative estimate of drug-likeness (QED) is 0.845. The van der Waals surface area contributed by atoms with Crippen LogP contribution >= 0.6 is 0 Å². The lowest BCUT2D eigenvalue weighted by Crippen LogP contribution is -2.35. The number of carbonyl (C=O) groups is 1. The molecule has 0 radical (unpaired) electrons. The molecule has 0 aliphatic rings. The molecule has 1 atom stereocenters. The van der Waals surface area contributed by atoms with Crippen molar-refractivity contribution in [3.63, 3.8) is 0 Å². The Hall–Kier alpha value is -2.03. The second-order valence-electron chi connectivity index (χ2n) is 4.47. The molecule has 0 aromatic heterocycles. The van der Waals surface area contributed by atoms with Crippen LogP contribution in [-0.2, 0) is 0 Å². The van der Waals surface area contributed by atoms with Crippen LogP contribution in [0.15, 0.2) is 42.5 Å². The Kier molecular flexibility index (Phi) is 3.82. The Bertz CT molecular complexity index is 551. The van der Waals surface area contributed by atoms with Crippen LogP contribution in [-0.4, -0.2) is 12.1 Å². The highest BCUT2D eigenvalue weighted by atomic mass is 16.2. The summed E-state index contributed by atoms with van der Waals surface area (Å²) in [7, 11) is 0. The van der Waals surface area contributed by atoms with Crippen LogP contribution in [0.5, 0.6) is 0 Å². The molecule has 18 heavy (non-hydrogen) atoms. The van der Waals surface area contributed by atoms with Crippen molar-refractivity contribution >= 4 is 22.5 Å². The molecule has 2 amide bonds. The van der Waals surface area contributed by atoms with Crippen LogP contribution in [0.2, 0.25) is 0 Å². The van der Waals surface area contributed by atoms with Gasteiger partial charge in [-0.3, -0.25) is 0 Å². The molecule has 0 heterocycles. The van der Waals surface area contributed by atoms with Crippen LogP contribution in [0, 0.1) is 0 Å². The maximum Gasteiger partial charge on any atom is 0.319 e. The second kappa shape index (κ2) is 5.54. The highest BCUT2D eigenvalue weighted by Crippen LogP contribution is 2.18. The van der Waals surface area contributed by atoms with E-state index in [1.54, 1.807) is 0 Å². The average molecular weight is 242 g/mol. The van der Waals surface area contributed by atoms with Crippen molar-refractivity contribution < 1.29 is 4.79 Å². The van der Waals surface area contributed by atoms with E-state index >= 15 is 0 Å². The largest absolute Gasteiger partial charge is 0.335 e. The van der Waals surface area contributed by atoms with Crippen LogP contribution < -0.4 is 10.6 Å². The van der Waals surface area contributed by atoms with E-state index in [9.17, 15) is 4.79 Å². The number of benzene rings is 2. The Morgan fingerprint density at radius 3 is 2.61 bits per heavy atom. The van der Waals surface area contributed by atoms with Gasteiger partial charge in [0.15, 0.2) is 0 Å². The van der Waals surface area contributed by atoms with E-state index < -0.39 is 0 Å². The molecule has 0 aliphatic heterocycles. The molecule has 2 rings (SSSR count). The predicted molar refractivity (Wildman–Crippen MR) is 75.9 cm³/mol. The summed E-state index contributed by atoms with van der Waals surface area (Å²) in [6.45, 7) is 4.03. The van der Waals surface area contributed by atoms with E-state index in [-0.39, 0.29) is 12.1 Å². The van der Waals surface area contributed by atoms with Crippen molar-refractivity contribution in [1.82, 2.24) is 5.32 Å². The van der Waals surface area contributed by atoms with Gasteiger partial charge in [-0.15, -0.1) is 0 Å². The number of amides is 2. The summed E-state index contributed by atoms with van der Waals surface area (Å²) in [6.07, 6.45) is 0.922. The Balaban J connectivity index is 2.10. The number of hydrogen-bond donors (Lipinski definition) is 2. The maximum atomic E-state index is 11.7. The zero-order valence-electron chi connectivity index (χ0n) is 10.7. The third-order valence-corrected chi connectivity index (χ3v) is 3.00. The second-order valence-corrected chi connectivity index (χ2v) is 4.47. The SMILES string of the molecule is CC[C@H](C)NC(=O)Nc1ccc2ccccc2c1. The standard InChI is InChI=1S/C15H18N2O/c1-3-11(2)16-15(18)17-14-9-8-12-6-4-5-7-13(12)10-14/h4-11H,3H2,1-2H3,(H2,16,17,18)/t11-/m0/s1. The minimum atomic E-state index is -0.153. The summed E-state index contributed by atoms with van der Waals surface area (Å²) >= 11 is 0. The number of urea groups is 1. The minimum absolute atomic E-state index is 0.153. The van der Waals surface area contributed by atoms with Crippen molar-refractivity contribution in [3.05, 3.63) is 42.5 Å². The average Bonchev–Trinajstić information content (AvgIpc) is 2.38. The fourth-order valence-electron chi connectivity index (χ4n) is 1.76. The van der Waals surface area contributed by atoms with Gasteiger partial charge in [0.2, 0.25) is 0 Å². The zero-order valence-corrected chi connectivity index (χ0v) is 10.7. The van der Waals surface area contributed by atoms with Gasteiger partial charge in [-0.2, -0.15) is 0 Å². The molecular weight excluding hydrogens is 224 g/mol. The molecule has 2 aromatic carbocycles. The highest BCUT2D eigenvalue weighted by Gasteiger charge is 2.05. The summed E-state index contributed by atoms with van der Waals surface area (Å²) in [5, 5.41) is 8.02. The predicted octanol–water partition coefficient (Wildman–Crippen LogP) is 3.76. The molecule has 0 saturated heterocycles. The Labute approximate surface area is 107 Å². The molecule has 2 N–H and O–H groups in total.